The summed E-state index contributed by atoms with van der Waals surface area (Å²) in [6, 6.07) is 8.67. The van der Waals surface area contributed by atoms with Gasteiger partial charge in [-0.05, 0) is 23.7 Å². The van der Waals surface area contributed by atoms with Crippen molar-refractivity contribution in [1.29, 1.82) is 0 Å². The molecule has 0 N–H and O–H groups in total. The third-order valence-electron chi connectivity index (χ3n) is 2.85. The van der Waals surface area contributed by atoms with Crippen molar-refractivity contribution in [3.8, 4) is 0 Å². The highest BCUT2D eigenvalue weighted by atomic mass is 31.0. The van der Waals surface area contributed by atoms with E-state index in [9.17, 15) is 0 Å². The van der Waals surface area contributed by atoms with Gasteiger partial charge in [0.25, 0.3) is 0 Å². The molecule has 0 radical (unpaired) electrons. The van der Waals surface area contributed by atoms with Gasteiger partial charge in [-0.3, -0.25) is 0 Å². The van der Waals surface area contributed by atoms with E-state index in [2.05, 4.69) is 40.4 Å². The molecule has 0 aliphatic heterocycles. The van der Waals surface area contributed by atoms with Crippen LogP contribution in [-0.2, 0) is 6.42 Å². The molecule has 0 fully saturated rings. The minimum atomic E-state index is 1.24. The monoisotopic (exact) mass is 222 g/mol. The van der Waals surface area contributed by atoms with Gasteiger partial charge in [0.2, 0.25) is 0 Å². The molecule has 0 saturated carbocycles. The standard InChI is InChI=1S/C14H23P/c1-2-3-4-5-6-7-10-13-11-8-9-12-14(13)15/h8-9,11-12H,2-7,10,15H2,1H3. The third kappa shape index (κ3) is 5.33. The van der Waals surface area contributed by atoms with Crippen molar-refractivity contribution in [2.75, 3.05) is 0 Å². The van der Waals surface area contributed by atoms with E-state index < -0.39 is 0 Å². The lowest BCUT2D eigenvalue weighted by atomic mass is 10.1. The lowest BCUT2D eigenvalue weighted by molar-refractivity contribution is 0.608. The Morgan fingerprint density at radius 3 is 2.33 bits per heavy atom. The second kappa shape index (κ2) is 7.88. The van der Waals surface area contributed by atoms with Crippen LogP contribution in [0.2, 0.25) is 0 Å². The molecule has 1 heteroatoms. The molecule has 1 aromatic rings. The van der Waals surface area contributed by atoms with Crippen molar-refractivity contribution in [3.63, 3.8) is 0 Å². The Balaban J connectivity index is 2.12. The van der Waals surface area contributed by atoms with Gasteiger partial charge >= 0.3 is 0 Å². The molecule has 1 rings (SSSR count). The van der Waals surface area contributed by atoms with Crippen molar-refractivity contribution < 1.29 is 0 Å². The summed E-state index contributed by atoms with van der Waals surface area (Å²) in [4.78, 5) is 0. The molecule has 0 aliphatic rings. The number of benzene rings is 1. The lowest BCUT2D eigenvalue weighted by Gasteiger charge is -2.04. The van der Waals surface area contributed by atoms with E-state index in [0.717, 1.165) is 0 Å². The van der Waals surface area contributed by atoms with Crippen molar-refractivity contribution in [2.45, 2.75) is 51.9 Å². The van der Waals surface area contributed by atoms with Crippen LogP contribution in [0.5, 0.6) is 0 Å². The zero-order chi connectivity index (χ0) is 10.9. The average Bonchev–Trinajstić information content (AvgIpc) is 2.25. The zero-order valence-corrected chi connectivity index (χ0v) is 11.0. The Kier molecular flexibility index (Phi) is 6.68. The number of hydrogen-bond acceptors (Lipinski definition) is 0. The molecule has 1 aromatic carbocycles. The highest BCUT2D eigenvalue weighted by Gasteiger charge is 1.96. The zero-order valence-electron chi connectivity index (χ0n) is 9.84. The fourth-order valence-electron chi connectivity index (χ4n) is 1.86. The molecule has 0 bridgehead atoms. The normalized spacial score (nSPS) is 10.5. The van der Waals surface area contributed by atoms with Gasteiger partial charge in [0, 0.05) is 0 Å². The smallest absolute Gasteiger partial charge is 0.0271 e. The Morgan fingerprint density at radius 1 is 0.933 bits per heavy atom. The third-order valence-corrected chi connectivity index (χ3v) is 3.42. The summed E-state index contributed by atoms with van der Waals surface area (Å²) in [5.74, 6) is 0. The van der Waals surface area contributed by atoms with Crippen molar-refractivity contribution in [3.05, 3.63) is 29.8 Å². The highest BCUT2D eigenvalue weighted by Crippen LogP contribution is 2.09. The molecule has 0 saturated heterocycles. The van der Waals surface area contributed by atoms with E-state index in [0.29, 0.717) is 0 Å². The van der Waals surface area contributed by atoms with E-state index in [1.165, 1.54) is 55.8 Å². The topological polar surface area (TPSA) is 0 Å². The summed E-state index contributed by atoms with van der Waals surface area (Å²) in [5, 5.41) is 1.37. The first-order valence-electron chi connectivity index (χ1n) is 6.18. The Morgan fingerprint density at radius 2 is 1.60 bits per heavy atom. The Hall–Kier alpha value is -0.350. The molecule has 15 heavy (non-hydrogen) atoms. The van der Waals surface area contributed by atoms with Gasteiger partial charge in [-0.25, -0.2) is 0 Å². The minimum absolute atomic E-state index is 1.24. The fraction of sp³-hybridized carbons (Fsp3) is 0.571. The highest BCUT2D eigenvalue weighted by molar-refractivity contribution is 7.27. The number of aryl methyl sites for hydroxylation is 1. The van der Waals surface area contributed by atoms with Crippen molar-refractivity contribution >= 4 is 14.5 Å². The molecular formula is C14H23P. The van der Waals surface area contributed by atoms with Gasteiger partial charge in [0.1, 0.15) is 0 Å². The molecule has 0 heterocycles. The summed E-state index contributed by atoms with van der Waals surface area (Å²) in [6.45, 7) is 2.27. The van der Waals surface area contributed by atoms with Gasteiger partial charge in [-0.2, -0.15) is 0 Å². The number of rotatable bonds is 7. The first kappa shape index (κ1) is 12.7. The van der Waals surface area contributed by atoms with Gasteiger partial charge in [-0.15, -0.1) is 9.24 Å². The minimum Gasteiger partial charge on any atom is -0.105 e. The van der Waals surface area contributed by atoms with E-state index in [-0.39, 0.29) is 0 Å². The predicted octanol–water partition coefficient (Wildman–Crippen LogP) is 4.09. The predicted molar refractivity (Wildman–Crippen MR) is 72.9 cm³/mol. The van der Waals surface area contributed by atoms with Gasteiger partial charge in [-0.1, -0.05) is 63.3 Å². The molecule has 0 amide bonds. The quantitative estimate of drug-likeness (QED) is 0.481. The maximum Gasteiger partial charge on any atom is -0.0271 e. The second-order valence-corrected chi connectivity index (χ2v) is 4.84. The van der Waals surface area contributed by atoms with Crippen LogP contribution >= 0.6 is 9.24 Å². The van der Waals surface area contributed by atoms with E-state index >= 15 is 0 Å². The van der Waals surface area contributed by atoms with Gasteiger partial charge < -0.3 is 0 Å². The number of unbranched alkanes of at least 4 members (excludes halogenated alkanes) is 5. The summed E-state index contributed by atoms with van der Waals surface area (Å²) in [6.07, 6.45) is 9.54. The van der Waals surface area contributed by atoms with Crippen molar-refractivity contribution in [2.24, 2.45) is 0 Å². The SMILES string of the molecule is CCCCCCCCc1ccccc1P. The van der Waals surface area contributed by atoms with Crippen LogP contribution in [0.3, 0.4) is 0 Å². The van der Waals surface area contributed by atoms with E-state index in [1.807, 2.05) is 0 Å². The molecule has 0 aromatic heterocycles. The molecule has 0 spiro atoms. The van der Waals surface area contributed by atoms with Crippen LogP contribution in [-0.4, -0.2) is 0 Å². The van der Waals surface area contributed by atoms with Crippen LogP contribution in [0.15, 0.2) is 24.3 Å². The van der Waals surface area contributed by atoms with Gasteiger partial charge in [0.15, 0.2) is 0 Å². The summed E-state index contributed by atoms with van der Waals surface area (Å²) < 4.78 is 0. The lowest BCUT2D eigenvalue weighted by Crippen LogP contribution is -2.00. The number of hydrogen-bond donors (Lipinski definition) is 0. The van der Waals surface area contributed by atoms with E-state index in [1.54, 1.807) is 0 Å². The van der Waals surface area contributed by atoms with Crippen molar-refractivity contribution in [1.82, 2.24) is 0 Å². The maximum atomic E-state index is 2.83. The Bertz CT molecular complexity index is 268. The van der Waals surface area contributed by atoms with Crippen LogP contribution in [0.25, 0.3) is 0 Å². The largest absolute Gasteiger partial charge is 0.105 e. The van der Waals surface area contributed by atoms with Crippen LogP contribution in [0, 0.1) is 0 Å². The summed E-state index contributed by atoms with van der Waals surface area (Å²) in [7, 11) is 2.83. The van der Waals surface area contributed by atoms with E-state index in [4.69, 9.17) is 0 Å². The molecule has 1 unspecified atom stereocenters. The van der Waals surface area contributed by atoms with Gasteiger partial charge in [0.05, 0.1) is 0 Å². The molecular weight excluding hydrogens is 199 g/mol. The summed E-state index contributed by atoms with van der Waals surface area (Å²) in [5.41, 5.74) is 1.50. The molecule has 0 aliphatic carbocycles. The first-order valence-corrected chi connectivity index (χ1v) is 6.75. The second-order valence-electron chi connectivity index (χ2n) is 4.22. The van der Waals surface area contributed by atoms with Crippen LogP contribution < -0.4 is 5.30 Å². The summed E-state index contributed by atoms with van der Waals surface area (Å²) >= 11 is 0. The molecule has 0 nitrogen and oxygen atoms in total. The maximum absolute atomic E-state index is 2.83. The Labute approximate surface area is 96.7 Å². The fourth-order valence-corrected chi connectivity index (χ4v) is 2.21. The van der Waals surface area contributed by atoms with Crippen LogP contribution in [0.1, 0.15) is 51.0 Å². The van der Waals surface area contributed by atoms with Crippen LogP contribution in [0.4, 0.5) is 0 Å². The molecule has 1 atom stereocenters. The average molecular weight is 222 g/mol. The first-order chi connectivity index (χ1) is 7.34. The molecule has 84 valence electrons.